The molecule has 1 aliphatic rings. The molecule has 32 heavy (non-hydrogen) atoms. The van der Waals surface area contributed by atoms with Gasteiger partial charge in [-0.05, 0) is 54.0 Å². The van der Waals surface area contributed by atoms with E-state index in [0.717, 1.165) is 0 Å². The molecular formula is C24H25F4N3O. The number of rotatable bonds is 8. The zero-order chi connectivity index (χ0) is 23.5. The van der Waals surface area contributed by atoms with Crippen molar-refractivity contribution in [2.45, 2.75) is 56.9 Å². The number of carbonyl (C=O) groups excluding carboxylic acids is 1. The van der Waals surface area contributed by atoms with E-state index in [1.807, 2.05) is 19.9 Å². The molecule has 2 atom stereocenters. The summed E-state index contributed by atoms with van der Waals surface area (Å²) in [7, 11) is 0. The van der Waals surface area contributed by atoms with Gasteiger partial charge in [0, 0.05) is 0 Å². The van der Waals surface area contributed by atoms with E-state index in [9.17, 15) is 27.6 Å². The number of nitriles is 1. The van der Waals surface area contributed by atoms with Gasteiger partial charge < -0.3 is 5.32 Å². The zero-order valence-corrected chi connectivity index (χ0v) is 17.8. The van der Waals surface area contributed by atoms with Crippen LogP contribution in [0.5, 0.6) is 0 Å². The molecule has 0 bridgehead atoms. The summed E-state index contributed by atoms with van der Waals surface area (Å²) in [4.78, 5) is 12.7. The largest absolute Gasteiger partial charge is 0.407 e. The molecule has 2 aromatic carbocycles. The Bertz CT molecular complexity index is 974. The molecule has 170 valence electrons. The van der Waals surface area contributed by atoms with Crippen LogP contribution in [0.25, 0.3) is 11.1 Å². The van der Waals surface area contributed by atoms with Gasteiger partial charge in [0.15, 0.2) is 0 Å². The van der Waals surface area contributed by atoms with E-state index in [4.69, 9.17) is 0 Å². The molecule has 2 N–H and O–H groups in total. The van der Waals surface area contributed by atoms with Crippen molar-refractivity contribution in [3.63, 3.8) is 0 Å². The van der Waals surface area contributed by atoms with Crippen molar-refractivity contribution in [2.75, 3.05) is 0 Å². The molecule has 0 saturated heterocycles. The molecule has 0 radical (unpaired) electrons. The molecule has 0 aliphatic heterocycles. The molecule has 8 heteroatoms. The highest BCUT2D eigenvalue weighted by Crippen LogP contribution is 2.36. The van der Waals surface area contributed by atoms with Crippen molar-refractivity contribution in [2.24, 2.45) is 5.92 Å². The fourth-order valence-electron chi connectivity index (χ4n) is 3.53. The Morgan fingerprint density at radius 1 is 1.06 bits per heavy atom. The molecule has 2 aromatic rings. The van der Waals surface area contributed by atoms with E-state index in [1.54, 1.807) is 12.1 Å². The minimum Gasteiger partial charge on any atom is -0.336 e. The van der Waals surface area contributed by atoms with Crippen LogP contribution in [-0.4, -0.2) is 23.7 Å². The number of alkyl halides is 3. The lowest BCUT2D eigenvalue weighted by molar-refractivity contribution is -0.161. The van der Waals surface area contributed by atoms with Crippen molar-refractivity contribution >= 4 is 5.91 Å². The topological polar surface area (TPSA) is 64.9 Å². The average Bonchev–Trinajstić information content (AvgIpc) is 3.50. The number of benzene rings is 2. The summed E-state index contributed by atoms with van der Waals surface area (Å²) in [5.74, 6) is -1.04. The van der Waals surface area contributed by atoms with Crippen molar-refractivity contribution in [1.82, 2.24) is 10.6 Å². The fourth-order valence-corrected chi connectivity index (χ4v) is 3.53. The number of carbonyl (C=O) groups is 1. The van der Waals surface area contributed by atoms with Crippen LogP contribution < -0.4 is 10.6 Å². The zero-order valence-electron chi connectivity index (χ0n) is 17.8. The highest BCUT2D eigenvalue weighted by Gasteiger charge is 2.47. The molecule has 1 fully saturated rings. The number of hydrogen-bond acceptors (Lipinski definition) is 3. The minimum atomic E-state index is -4.64. The van der Waals surface area contributed by atoms with Gasteiger partial charge in [-0.3, -0.25) is 10.1 Å². The third kappa shape index (κ3) is 5.86. The van der Waals surface area contributed by atoms with E-state index >= 15 is 0 Å². The predicted octanol–water partition coefficient (Wildman–Crippen LogP) is 5.27. The summed E-state index contributed by atoms with van der Waals surface area (Å²) in [6.45, 7) is 3.64. The van der Waals surface area contributed by atoms with Crippen molar-refractivity contribution in [1.29, 1.82) is 5.26 Å². The van der Waals surface area contributed by atoms with Crippen molar-refractivity contribution < 1.29 is 22.4 Å². The molecule has 0 spiro atoms. The van der Waals surface area contributed by atoms with Crippen LogP contribution in [0.4, 0.5) is 17.6 Å². The lowest BCUT2D eigenvalue weighted by atomic mass is 9.97. The van der Waals surface area contributed by atoms with E-state index in [-0.39, 0.29) is 17.9 Å². The first-order valence-corrected chi connectivity index (χ1v) is 10.4. The van der Waals surface area contributed by atoms with Gasteiger partial charge in [0.25, 0.3) is 0 Å². The first-order chi connectivity index (χ1) is 15.0. The molecule has 0 aromatic heterocycles. The van der Waals surface area contributed by atoms with Crippen molar-refractivity contribution in [3.05, 3.63) is 59.9 Å². The average molecular weight is 447 g/mol. The Kier molecular flexibility index (Phi) is 6.89. The molecule has 1 saturated carbocycles. The van der Waals surface area contributed by atoms with Gasteiger partial charge in [-0.25, -0.2) is 4.39 Å². The highest BCUT2D eigenvalue weighted by molar-refractivity contribution is 5.83. The van der Waals surface area contributed by atoms with E-state index in [2.05, 4.69) is 10.6 Å². The lowest BCUT2D eigenvalue weighted by Gasteiger charge is -2.29. The number of nitrogens with zero attached hydrogens (tertiary/aromatic N) is 1. The maximum Gasteiger partial charge on any atom is 0.407 e. The van der Waals surface area contributed by atoms with Gasteiger partial charge in [-0.15, -0.1) is 0 Å². The van der Waals surface area contributed by atoms with E-state index < -0.39 is 35.5 Å². The first kappa shape index (κ1) is 23.7. The highest BCUT2D eigenvalue weighted by atomic mass is 19.4. The van der Waals surface area contributed by atoms with Crippen LogP contribution in [0.15, 0.2) is 48.5 Å². The van der Waals surface area contributed by atoms with Crippen molar-refractivity contribution in [3.8, 4) is 17.2 Å². The van der Waals surface area contributed by atoms with E-state index in [0.29, 0.717) is 24.0 Å². The van der Waals surface area contributed by atoms with E-state index in [1.165, 1.54) is 36.4 Å². The van der Waals surface area contributed by atoms with Gasteiger partial charge >= 0.3 is 6.18 Å². The maximum atomic E-state index is 14.0. The lowest BCUT2D eigenvalue weighted by Crippen LogP contribution is -2.52. The third-order valence-electron chi connectivity index (χ3n) is 5.47. The Labute approximate surface area is 184 Å². The number of halogens is 4. The second-order valence-electron chi connectivity index (χ2n) is 8.64. The fraction of sp³-hybridized carbons (Fsp3) is 0.417. The quantitative estimate of drug-likeness (QED) is 0.542. The summed E-state index contributed by atoms with van der Waals surface area (Å²) in [5, 5.41) is 14.3. The Morgan fingerprint density at radius 3 is 2.03 bits per heavy atom. The normalized spacial score (nSPS) is 16.8. The van der Waals surface area contributed by atoms with Crippen LogP contribution in [0, 0.1) is 23.1 Å². The van der Waals surface area contributed by atoms with Crippen LogP contribution in [0.3, 0.4) is 0 Å². The van der Waals surface area contributed by atoms with Crippen LogP contribution in [0.1, 0.15) is 44.7 Å². The summed E-state index contributed by atoms with van der Waals surface area (Å²) >= 11 is 0. The molecule has 0 unspecified atom stereocenters. The standard InChI is InChI=1S/C24H25F4N3O/c1-15(2)13-20(22(32)31-23(14-29)11-12-23)30-21(24(26,27)28)18-5-3-16(4-6-18)17-7-9-19(25)10-8-17/h3-10,15,20-21,30H,11-13H2,1-2H3,(H,31,32)/t20-,21+/m0/s1. The second kappa shape index (κ2) is 9.29. The Morgan fingerprint density at radius 2 is 1.59 bits per heavy atom. The van der Waals surface area contributed by atoms with Gasteiger partial charge in [-0.1, -0.05) is 50.2 Å². The number of hydrogen-bond donors (Lipinski definition) is 2. The summed E-state index contributed by atoms with van der Waals surface area (Å²) in [5.41, 5.74) is 0.332. The Balaban J connectivity index is 1.83. The van der Waals surface area contributed by atoms with Gasteiger partial charge in [0.2, 0.25) is 5.91 Å². The van der Waals surface area contributed by atoms with Crippen LogP contribution >= 0.6 is 0 Å². The third-order valence-corrected chi connectivity index (χ3v) is 5.47. The summed E-state index contributed by atoms with van der Waals surface area (Å²) < 4.78 is 55.0. The second-order valence-corrected chi connectivity index (χ2v) is 8.64. The van der Waals surface area contributed by atoms with Gasteiger partial charge in [0.05, 0.1) is 12.1 Å². The number of nitrogens with one attached hydrogen (secondary N) is 2. The predicted molar refractivity (Wildman–Crippen MR) is 113 cm³/mol. The maximum absolute atomic E-state index is 14.0. The molecular weight excluding hydrogens is 422 g/mol. The summed E-state index contributed by atoms with van der Waals surface area (Å²) in [6, 6.07) is 10.3. The molecule has 0 heterocycles. The molecule has 4 nitrogen and oxygen atoms in total. The SMILES string of the molecule is CC(C)C[C@H](N[C@H](c1ccc(-c2ccc(F)cc2)cc1)C(F)(F)F)C(=O)NC1(C#N)CC1. The molecule has 3 rings (SSSR count). The van der Waals surface area contributed by atoms with Crippen LogP contribution in [0.2, 0.25) is 0 Å². The van der Waals surface area contributed by atoms with Crippen LogP contribution in [-0.2, 0) is 4.79 Å². The first-order valence-electron chi connectivity index (χ1n) is 10.4. The monoisotopic (exact) mass is 447 g/mol. The van der Waals surface area contributed by atoms with Gasteiger partial charge in [-0.2, -0.15) is 18.4 Å². The smallest absolute Gasteiger partial charge is 0.336 e. The van der Waals surface area contributed by atoms with Gasteiger partial charge in [0.1, 0.15) is 17.4 Å². The molecule has 1 amide bonds. The summed E-state index contributed by atoms with van der Waals surface area (Å²) in [6.07, 6.45) is -3.46. The Hall–Kier alpha value is -2.92. The number of amides is 1. The molecule has 1 aliphatic carbocycles. The minimum absolute atomic E-state index is 0.0358.